The minimum atomic E-state index is 0.659. The van der Waals surface area contributed by atoms with Gasteiger partial charge in [-0.25, -0.2) is 4.99 Å². The zero-order valence-corrected chi connectivity index (χ0v) is 14.9. The van der Waals surface area contributed by atoms with E-state index in [1.54, 1.807) is 0 Å². The van der Waals surface area contributed by atoms with E-state index in [0.29, 0.717) is 6.54 Å². The molecule has 6 heteroatoms. The zero-order valence-electron chi connectivity index (χ0n) is 14.9. The summed E-state index contributed by atoms with van der Waals surface area (Å²) >= 11 is 0. The van der Waals surface area contributed by atoms with Crippen molar-refractivity contribution in [2.24, 2.45) is 12.0 Å². The Hall–Kier alpha value is -1.56. The van der Waals surface area contributed by atoms with Gasteiger partial charge in [-0.3, -0.25) is 4.68 Å². The van der Waals surface area contributed by atoms with Gasteiger partial charge in [-0.15, -0.1) is 0 Å². The fraction of sp³-hybridized carbons (Fsp3) is 0.765. The number of aliphatic imine (C=N–C) groups is 1. The van der Waals surface area contributed by atoms with Crippen molar-refractivity contribution < 1.29 is 0 Å². The molecule has 2 heterocycles. The Kier molecular flexibility index (Phi) is 7.39. The minimum absolute atomic E-state index is 0.659. The van der Waals surface area contributed by atoms with Crippen LogP contribution < -0.4 is 10.6 Å². The molecule has 0 bridgehead atoms. The van der Waals surface area contributed by atoms with Gasteiger partial charge in [0.2, 0.25) is 0 Å². The highest BCUT2D eigenvalue weighted by atomic mass is 15.2. The first-order valence-corrected chi connectivity index (χ1v) is 8.92. The number of likely N-dealkylation sites (tertiary alicyclic amines) is 1. The quantitative estimate of drug-likeness (QED) is 0.456. The maximum absolute atomic E-state index is 4.62. The van der Waals surface area contributed by atoms with Crippen LogP contribution >= 0.6 is 0 Å². The van der Waals surface area contributed by atoms with E-state index in [1.165, 1.54) is 32.4 Å². The molecule has 130 valence electrons. The first-order chi connectivity index (χ1) is 11.2. The first-order valence-electron chi connectivity index (χ1n) is 8.92. The van der Waals surface area contributed by atoms with Crippen LogP contribution in [-0.2, 0) is 13.6 Å². The third-order valence-electron chi connectivity index (χ3n) is 4.38. The second-order valence-electron chi connectivity index (χ2n) is 6.38. The van der Waals surface area contributed by atoms with Crippen molar-refractivity contribution in [2.75, 3.05) is 26.2 Å². The molecule has 1 aliphatic heterocycles. The number of hydrogen-bond donors (Lipinski definition) is 2. The van der Waals surface area contributed by atoms with Gasteiger partial charge < -0.3 is 15.5 Å². The summed E-state index contributed by atoms with van der Waals surface area (Å²) in [5.41, 5.74) is 1.13. The highest BCUT2D eigenvalue weighted by molar-refractivity contribution is 5.79. The predicted molar refractivity (Wildman–Crippen MR) is 95.5 cm³/mol. The molecule has 1 atom stereocenters. The Morgan fingerprint density at radius 1 is 1.39 bits per heavy atom. The molecule has 1 unspecified atom stereocenters. The van der Waals surface area contributed by atoms with Gasteiger partial charge in [0.15, 0.2) is 5.96 Å². The van der Waals surface area contributed by atoms with E-state index >= 15 is 0 Å². The summed E-state index contributed by atoms with van der Waals surface area (Å²) in [6.07, 6.45) is 9.12. The number of hydrogen-bond acceptors (Lipinski definition) is 3. The van der Waals surface area contributed by atoms with Crippen LogP contribution in [0.25, 0.3) is 0 Å². The molecule has 23 heavy (non-hydrogen) atoms. The average molecular weight is 320 g/mol. The van der Waals surface area contributed by atoms with Gasteiger partial charge in [-0.2, -0.15) is 5.10 Å². The molecule has 0 saturated carbocycles. The van der Waals surface area contributed by atoms with Crippen LogP contribution in [0.2, 0.25) is 0 Å². The van der Waals surface area contributed by atoms with Crippen molar-refractivity contribution in [3.05, 3.63) is 18.0 Å². The van der Waals surface area contributed by atoms with Crippen molar-refractivity contribution in [1.29, 1.82) is 0 Å². The monoisotopic (exact) mass is 320 g/mol. The number of guanidine groups is 1. The van der Waals surface area contributed by atoms with Crippen molar-refractivity contribution >= 4 is 5.96 Å². The number of nitrogens with zero attached hydrogens (tertiary/aromatic N) is 4. The molecular weight excluding hydrogens is 288 g/mol. The van der Waals surface area contributed by atoms with Gasteiger partial charge in [0.05, 0.1) is 12.7 Å². The van der Waals surface area contributed by atoms with Crippen molar-refractivity contribution in [1.82, 2.24) is 25.3 Å². The van der Waals surface area contributed by atoms with E-state index in [9.17, 15) is 0 Å². The van der Waals surface area contributed by atoms with Crippen LogP contribution in [0.1, 0.15) is 45.1 Å². The van der Waals surface area contributed by atoms with E-state index in [0.717, 1.165) is 37.1 Å². The molecule has 1 aliphatic rings. The molecule has 2 N–H and O–H groups in total. The lowest BCUT2D eigenvalue weighted by molar-refractivity contribution is 0.159. The van der Waals surface area contributed by atoms with Gasteiger partial charge in [0.1, 0.15) is 0 Å². The van der Waals surface area contributed by atoms with Crippen LogP contribution in [0.15, 0.2) is 17.4 Å². The molecule has 0 amide bonds. The van der Waals surface area contributed by atoms with E-state index in [4.69, 9.17) is 0 Å². The SMILES string of the molecule is CCNC(=NCc1cnn(C)c1)NCCCN1CCCCC1C. The summed E-state index contributed by atoms with van der Waals surface area (Å²) in [5.74, 6) is 0.892. The topological polar surface area (TPSA) is 57.5 Å². The fourth-order valence-corrected chi connectivity index (χ4v) is 3.04. The number of rotatable bonds is 7. The lowest BCUT2D eigenvalue weighted by atomic mass is 10.0. The normalized spacial score (nSPS) is 19.8. The maximum Gasteiger partial charge on any atom is 0.191 e. The summed E-state index contributed by atoms with van der Waals surface area (Å²) in [6.45, 7) is 9.38. The van der Waals surface area contributed by atoms with Crippen LogP contribution in [-0.4, -0.2) is 52.9 Å². The fourth-order valence-electron chi connectivity index (χ4n) is 3.04. The molecule has 0 spiro atoms. The van der Waals surface area contributed by atoms with Crippen molar-refractivity contribution in [2.45, 2.75) is 52.1 Å². The lowest BCUT2D eigenvalue weighted by Crippen LogP contribution is -2.41. The summed E-state index contributed by atoms with van der Waals surface area (Å²) in [4.78, 5) is 7.24. The van der Waals surface area contributed by atoms with E-state index in [1.807, 2.05) is 24.1 Å². The van der Waals surface area contributed by atoms with Crippen LogP contribution in [0, 0.1) is 0 Å². The van der Waals surface area contributed by atoms with Crippen LogP contribution in [0.3, 0.4) is 0 Å². The second-order valence-corrected chi connectivity index (χ2v) is 6.38. The van der Waals surface area contributed by atoms with Gasteiger partial charge >= 0.3 is 0 Å². The summed E-state index contributed by atoms with van der Waals surface area (Å²) in [7, 11) is 1.93. The summed E-state index contributed by atoms with van der Waals surface area (Å²) in [5, 5.41) is 10.9. The first kappa shape index (κ1) is 17.8. The van der Waals surface area contributed by atoms with Crippen LogP contribution in [0.5, 0.6) is 0 Å². The lowest BCUT2D eigenvalue weighted by Gasteiger charge is -2.33. The van der Waals surface area contributed by atoms with E-state index in [-0.39, 0.29) is 0 Å². The Morgan fingerprint density at radius 3 is 2.96 bits per heavy atom. The molecule has 6 nitrogen and oxygen atoms in total. The number of piperidine rings is 1. The van der Waals surface area contributed by atoms with Gasteiger partial charge in [0, 0.05) is 44.5 Å². The molecule has 0 aliphatic carbocycles. The molecule has 1 fully saturated rings. The summed E-state index contributed by atoms with van der Waals surface area (Å²) in [6, 6.07) is 0.747. The number of nitrogens with one attached hydrogen (secondary N) is 2. The molecule has 2 rings (SSSR count). The molecule has 1 saturated heterocycles. The van der Waals surface area contributed by atoms with E-state index < -0.39 is 0 Å². The average Bonchev–Trinajstić information content (AvgIpc) is 2.96. The number of aromatic nitrogens is 2. The smallest absolute Gasteiger partial charge is 0.191 e. The third kappa shape index (κ3) is 6.22. The second kappa shape index (κ2) is 9.55. The van der Waals surface area contributed by atoms with Gasteiger partial charge in [-0.05, 0) is 39.7 Å². The Labute approximate surface area is 140 Å². The number of aryl methyl sites for hydroxylation is 1. The van der Waals surface area contributed by atoms with Crippen LogP contribution in [0.4, 0.5) is 0 Å². The van der Waals surface area contributed by atoms with Crippen molar-refractivity contribution in [3.63, 3.8) is 0 Å². The molecule has 0 radical (unpaired) electrons. The Morgan fingerprint density at radius 2 is 2.26 bits per heavy atom. The minimum Gasteiger partial charge on any atom is -0.357 e. The zero-order chi connectivity index (χ0) is 16.5. The highest BCUT2D eigenvalue weighted by Gasteiger charge is 2.17. The molecule has 1 aromatic heterocycles. The largest absolute Gasteiger partial charge is 0.357 e. The Bertz CT molecular complexity index is 481. The Balaban J connectivity index is 1.71. The molecular formula is C17H32N6. The van der Waals surface area contributed by atoms with Crippen molar-refractivity contribution in [3.8, 4) is 0 Å². The van der Waals surface area contributed by atoms with Gasteiger partial charge in [-0.1, -0.05) is 6.42 Å². The predicted octanol–water partition coefficient (Wildman–Crippen LogP) is 1.74. The standard InChI is InChI=1S/C17H32N6/c1-4-18-17(20-12-16-13-21-22(3)14-16)19-9-7-11-23-10-6-5-8-15(23)2/h13-15H,4-12H2,1-3H3,(H2,18,19,20). The maximum atomic E-state index is 4.62. The highest BCUT2D eigenvalue weighted by Crippen LogP contribution is 2.15. The third-order valence-corrected chi connectivity index (χ3v) is 4.38. The molecule has 1 aromatic rings. The summed E-state index contributed by atoms with van der Waals surface area (Å²) < 4.78 is 1.81. The van der Waals surface area contributed by atoms with Gasteiger partial charge in [0.25, 0.3) is 0 Å². The molecule has 0 aromatic carbocycles. The van der Waals surface area contributed by atoms with E-state index in [2.05, 4.69) is 39.5 Å².